The number of phenolic OH excluding ortho intramolecular Hbond substituents is 4. The number of nitrogens with zero attached hydrogens (tertiary/aromatic N) is 3. The number of benzene rings is 2. The Bertz CT molecular complexity index is 744. The zero-order valence-corrected chi connectivity index (χ0v) is 10.3. The molecule has 0 heterocycles. The van der Waals surface area contributed by atoms with E-state index in [-0.39, 0.29) is 17.2 Å². The minimum Gasteiger partial charge on any atom is -0.508 e. The predicted octanol–water partition coefficient (Wildman–Crippen LogP) is 2.83. The second-order valence-electron chi connectivity index (χ2n) is 3.96. The standard InChI is InChI=1S/C12H9N3O6/c16-6-1-2-8(10(18)4-6)13-14-12-9(15(20)21)3-7(17)5-11(12)19/h1-5,16-19H. The predicted molar refractivity (Wildman–Crippen MR) is 70.4 cm³/mol. The van der Waals surface area contributed by atoms with Gasteiger partial charge in [-0.05, 0) is 12.1 Å². The number of hydrogen-bond acceptors (Lipinski definition) is 8. The Balaban J connectivity index is 2.48. The molecule has 0 saturated carbocycles. The van der Waals surface area contributed by atoms with Crippen LogP contribution in [0.1, 0.15) is 0 Å². The number of nitro groups is 1. The molecule has 0 fully saturated rings. The Labute approximate surface area is 117 Å². The molecule has 0 bridgehead atoms. The highest BCUT2D eigenvalue weighted by Crippen LogP contribution is 2.41. The molecule has 0 aliphatic heterocycles. The van der Waals surface area contributed by atoms with Crippen molar-refractivity contribution in [2.45, 2.75) is 0 Å². The zero-order valence-electron chi connectivity index (χ0n) is 10.3. The van der Waals surface area contributed by atoms with Gasteiger partial charge in [-0.3, -0.25) is 10.1 Å². The fraction of sp³-hybridized carbons (Fsp3) is 0. The maximum atomic E-state index is 10.8. The maximum Gasteiger partial charge on any atom is 0.304 e. The van der Waals surface area contributed by atoms with Crippen LogP contribution in [0.3, 0.4) is 0 Å². The second-order valence-corrected chi connectivity index (χ2v) is 3.96. The second kappa shape index (κ2) is 5.33. The molecule has 4 N–H and O–H groups in total. The van der Waals surface area contributed by atoms with Crippen LogP contribution in [-0.2, 0) is 0 Å². The van der Waals surface area contributed by atoms with Crippen LogP contribution in [0.15, 0.2) is 40.6 Å². The van der Waals surface area contributed by atoms with E-state index in [4.69, 9.17) is 5.11 Å². The average molecular weight is 291 g/mol. The minimum absolute atomic E-state index is 0.0606. The number of phenols is 4. The van der Waals surface area contributed by atoms with Crippen molar-refractivity contribution in [2.24, 2.45) is 10.2 Å². The highest BCUT2D eigenvalue weighted by Gasteiger charge is 2.20. The van der Waals surface area contributed by atoms with Crippen molar-refractivity contribution < 1.29 is 25.3 Å². The van der Waals surface area contributed by atoms with Gasteiger partial charge in [0.1, 0.15) is 22.9 Å². The van der Waals surface area contributed by atoms with E-state index in [1.54, 1.807) is 0 Å². The van der Waals surface area contributed by atoms with Gasteiger partial charge < -0.3 is 20.4 Å². The Hall–Kier alpha value is -3.36. The van der Waals surface area contributed by atoms with Gasteiger partial charge >= 0.3 is 5.69 Å². The molecule has 0 spiro atoms. The van der Waals surface area contributed by atoms with Crippen molar-refractivity contribution in [3.05, 3.63) is 40.4 Å². The summed E-state index contributed by atoms with van der Waals surface area (Å²) in [5.41, 5.74) is -1.17. The molecule has 2 aromatic rings. The van der Waals surface area contributed by atoms with Gasteiger partial charge in [0, 0.05) is 12.1 Å². The van der Waals surface area contributed by atoms with E-state index in [1.165, 1.54) is 12.1 Å². The molecule has 0 radical (unpaired) electrons. The van der Waals surface area contributed by atoms with Crippen LogP contribution in [0.25, 0.3) is 0 Å². The quantitative estimate of drug-likeness (QED) is 0.388. The summed E-state index contributed by atoms with van der Waals surface area (Å²) in [4.78, 5) is 10.0. The van der Waals surface area contributed by atoms with Crippen molar-refractivity contribution in [3.63, 3.8) is 0 Å². The molecule has 0 aliphatic rings. The summed E-state index contributed by atoms with van der Waals surface area (Å²) in [6, 6.07) is 5.17. The van der Waals surface area contributed by atoms with Crippen molar-refractivity contribution >= 4 is 17.1 Å². The van der Waals surface area contributed by atoms with Gasteiger partial charge in [0.25, 0.3) is 0 Å². The average Bonchev–Trinajstić information content (AvgIpc) is 2.38. The lowest BCUT2D eigenvalue weighted by Gasteiger charge is -2.02. The summed E-state index contributed by atoms with van der Waals surface area (Å²) in [6.45, 7) is 0. The first-order valence-electron chi connectivity index (χ1n) is 5.52. The lowest BCUT2D eigenvalue weighted by molar-refractivity contribution is -0.384. The molecular formula is C12H9N3O6. The van der Waals surface area contributed by atoms with Crippen molar-refractivity contribution in [2.75, 3.05) is 0 Å². The maximum absolute atomic E-state index is 10.8. The molecule has 0 aromatic heterocycles. The number of aromatic hydroxyl groups is 4. The molecule has 0 unspecified atom stereocenters. The Kier molecular flexibility index (Phi) is 3.57. The highest BCUT2D eigenvalue weighted by atomic mass is 16.6. The summed E-state index contributed by atoms with van der Waals surface area (Å²) >= 11 is 0. The largest absolute Gasteiger partial charge is 0.508 e. The summed E-state index contributed by atoms with van der Waals surface area (Å²) in [5.74, 6) is -1.71. The van der Waals surface area contributed by atoms with Crippen LogP contribution >= 0.6 is 0 Å². The van der Waals surface area contributed by atoms with Gasteiger partial charge in [0.15, 0.2) is 5.75 Å². The molecule has 0 saturated heterocycles. The molecular weight excluding hydrogens is 282 g/mol. The van der Waals surface area contributed by atoms with Gasteiger partial charge in [-0.15, -0.1) is 10.2 Å². The Morgan fingerprint density at radius 1 is 0.905 bits per heavy atom. The third-order valence-electron chi connectivity index (χ3n) is 2.47. The number of hydrogen-bond donors (Lipinski definition) is 4. The van der Waals surface area contributed by atoms with E-state index in [0.29, 0.717) is 0 Å². The molecule has 0 amide bonds. The van der Waals surface area contributed by atoms with Crippen molar-refractivity contribution in [3.8, 4) is 23.0 Å². The Morgan fingerprint density at radius 3 is 2.19 bits per heavy atom. The van der Waals surface area contributed by atoms with Gasteiger partial charge in [-0.2, -0.15) is 0 Å². The van der Waals surface area contributed by atoms with E-state index in [9.17, 15) is 25.4 Å². The minimum atomic E-state index is -0.843. The molecule has 2 aromatic carbocycles. The monoisotopic (exact) mass is 291 g/mol. The van der Waals surface area contributed by atoms with E-state index in [2.05, 4.69) is 10.2 Å². The topological polar surface area (TPSA) is 149 Å². The molecule has 0 aliphatic carbocycles. The fourth-order valence-electron chi connectivity index (χ4n) is 1.53. The van der Waals surface area contributed by atoms with Crippen LogP contribution < -0.4 is 0 Å². The molecule has 0 atom stereocenters. The van der Waals surface area contributed by atoms with E-state index in [1.807, 2.05) is 0 Å². The molecule has 2 rings (SSSR count). The van der Waals surface area contributed by atoms with Gasteiger partial charge in [-0.25, -0.2) is 0 Å². The first-order valence-corrected chi connectivity index (χ1v) is 5.52. The van der Waals surface area contributed by atoms with Crippen LogP contribution in [0.5, 0.6) is 23.0 Å². The number of azo groups is 1. The fourth-order valence-corrected chi connectivity index (χ4v) is 1.53. The van der Waals surface area contributed by atoms with Crippen molar-refractivity contribution in [1.82, 2.24) is 0 Å². The molecule has 9 nitrogen and oxygen atoms in total. The summed E-state index contributed by atoms with van der Waals surface area (Å²) in [6.07, 6.45) is 0. The summed E-state index contributed by atoms with van der Waals surface area (Å²) < 4.78 is 0. The van der Waals surface area contributed by atoms with Gasteiger partial charge in [0.05, 0.1) is 11.0 Å². The van der Waals surface area contributed by atoms with E-state index in [0.717, 1.165) is 18.2 Å². The lowest BCUT2D eigenvalue weighted by Crippen LogP contribution is -1.88. The molecule has 108 valence electrons. The van der Waals surface area contributed by atoms with Crippen LogP contribution in [-0.4, -0.2) is 25.3 Å². The summed E-state index contributed by atoms with van der Waals surface area (Å²) in [7, 11) is 0. The van der Waals surface area contributed by atoms with Crippen LogP contribution in [0.4, 0.5) is 17.1 Å². The highest BCUT2D eigenvalue weighted by molar-refractivity contribution is 5.68. The SMILES string of the molecule is O=[N+]([O-])c1cc(O)cc(O)c1N=Nc1ccc(O)cc1O. The lowest BCUT2D eigenvalue weighted by atomic mass is 10.2. The van der Waals surface area contributed by atoms with Crippen LogP contribution in [0.2, 0.25) is 0 Å². The third-order valence-corrected chi connectivity index (χ3v) is 2.47. The van der Waals surface area contributed by atoms with Gasteiger partial charge in [0.2, 0.25) is 5.69 Å². The first kappa shape index (κ1) is 14.1. The molecule has 9 heteroatoms. The van der Waals surface area contributed by atoms with E-state index >= 15 is 0 Å². The number of rotatable bonds is 3. The Morgan fingerprint density at radius 2 is 1.57 bits per heavy atom. The van der Waals surface area contributed by atoms with Crippen LogP contribution in [0, 0.1) is 10.1 Å². The van der Waals surface area contributed by atoms with E-state index < -0.39 is 27.8 Å². The smallest absolute Gasteiger partial charge is 0.304 e. The molecule has 21 heavy (non-hydrogen) atoms. The number of nitro benzene ring substituents is 1. The normalized spacial score (nSPS) is 10.9. The van der Waals surface area contributed by atoms with Crippen molar-refractivity contribution in [1.29, 1.82) is 0 Å². The first-order chi connectivity index (χ1) is 9.88. The summed E-state index contributed by atoms with van der Waals surface area (Å²) in [5, 5.41) is 55.4. The third kappa shape index (κ3) is 2.97. The zero-order chi connectivity index (χ0) is 15.6. The van der Waals surface area contributed by atoms with Gasteiger partial charge in [-0.1, -0.05) is 0 Å².